The van der Waals surface area contributed by atoms with Crippen LogP contribution in [0.4, 0.5) is 0 Å². The van der Waals surface area contributed by atoms with E-state index in [0.29, 0.717) is 40.4 Å². The highest BCUT2D eigenvalue weighted by atomic mass is 32.1. The number of phenols is 1. The summed E-state index contributed by atoms with van der Waals surface area (Å²) < 4.78 is 6.19. The number of benzene rings is 2. The Kier molecular flexibility index (Phi) is 4.93. The molecule has 1 aliphatic heterocycles. The molecule has 1 fully saturated rings. The van der Waals surface area contributed by atoms with Crippen LogP contribution in [0.5, 0.6) is 5.75 Å². The van der Waals surface area contributed by atoms with Crippen molar-refractivity contribution in [1.82, 2.24) is 4.90 Å². The molecule has 0 spiro atoms. The van der Waals surface area contributed by atoms with Crippen LogP contribution in [0.3, 0.4) is 0 Å². The standard InChI is InChI=1S/C25H23NO3S/c1-16-23(17-7-3-2-4-8-17)24(28)18-11-12-21(27)19(25(18)29-16)15-26-13-5-9-20(26)22-10-6-14-30-22/h2-4,6-8,10-12,14,20,27H,5,9,13,15H2,1H3. The zero-order valence-corrected chi connectivity index (χ0v) is 17.6. The highest BCUT2D eigenvalue weighted by Crippen LogP contribution is 2.38. The van der Waals surface area contributed by atoms with E-state index in [-0.39, 0.29) is 11.2 Å². The molecule has 0 amide bonds. The normalized spacial score (nSPS) is 17.0. The molecule has 1 aliphatic rings. The SMILES string of the molecule is Cc1oc2c(CN3CCCC3c3cccs3)c(O)ccc2c(=O)c1-c1ccccc1. The fraction of sp³-hybridized carbons (Fsp3) is 0.240. The number of rotatable bonds is 4. The number of aryl methyl sites for hydroxylation is 1. The van der Waals surface area contributed by atoms with E-state index < -0.39 is 0 Å². The van der Waals surface area contributed by atoms with Crippen molar-refractivity contribution in [3.63, 3.8) is 0 Å². The van der Waals surface area contributed by atoms with Crippen molar-refractivity contribution in [3.8, 4) is 16.9 Å². The summed E-state index contributed by atoms with van der Waals surface area (Å²) in [4.78, 5) is 17.1. The minimum absolute atomic E-state index is 0.0579. The van der Waals surface area contributed by atoms with Crippen LogP contribution >= 0.6 is 11.3 Å². The van der Waals surface area contributed by atoms with E-state index in [9.17, 15) is 9.90 Å². The largest absolute Gasteiger partial charge is 0.507 e. The molecule has 4 nitrogen and oxygen atoms in total. The van der Waals surface area contributed by atoms with Gasteiger partial charge in [-0.05, 0) is 55.5 Å². The zero-order chi connectivity index (χ0) is 20.7. The van der Waals surface area contributed by atoms with Gasteiger partial charge in [-0.25, -0.2) is 0 Å². The quantitative estimate of drug-likeness (QED) is 0.451. The van der Waals surface area contributed by atoms with Crippen molar-refractivity contribution >= 4 is 22.3 Å². The molecule has 2 aromatic carbocycles. The van der Waals surface area contributed by atoms with E-state index >= 15 is 0 Å². The van der Waals surface area contributed by atoms with Gasteiger partial charge in [0.25, 0.3) is 0 Å². The summed E-state index contributed by atoms with van der Waals surface area (Å²) in [6.45, 7) is 3.34. The number of likely N-dealkylation sites (tertiary alicyclic amines) is 1. The summed E-state index contributed by atoms with van der Waals surface area (Å²) in [6, 6.07) is 17.5. The number of nitrogens with zero attached hydrogens (tertiary/aromatic N) is 1. The molecule has 4 aromatic rings. The molecule has 0 aliphatic carbocycles. The molecule has 1 saturated heterocycles. The van der Waals surface area contributed by atoms with Gasteiger partial charge in [0.15, 0.2) is 0 Å². The monoisotopic (exact) mass is 417 g/mol. The van der Waals surface area contributed by atoms with Gasteiger partial charge in [0.2, 0.25) is 5.43 Å². The first-order chi connectivity index (χ1) is 14.6. The first-order valence-corrected chi connectivity index (χ1v) is 11.1. The predicted molar refractivity (Wildman–Crippen MR) is 121 cm³/mol. The van der Waals surface area contributed by atoms with Gasteiger partial charge in [-0.1, -0.05) is 36.4 Å². The van der Waals surface area contributed by atoms with Crippen LogP contribution in [-0.4, -0.2) is 16.6 Å². The Hall–Kier alpha value is -2.89. The summed E-state index contributed by atoms with van der Waals surface area (Å²) in [6.07, 6.45) is 2.22. The molecule has 5 heteroatoms. The minimum Gasteiger partial charge on any atom is -0.507 e. The van der Waals surface area contributed by atoms with E-state index in [0.717, 1.165) is 24.9 Å². The topological polar surface area (TPSA) is 53.7 Å². The lowest BCUT2D eigenvalue weighted by Crippen LogP contribution is -2.22. The second kappa shape index (κ2) is 7.74. The van der Waals surface area contributed by atoms with Crippen molar-refractivity contribution in [2.24, 2.45) is 0 Å². The van der Waals surface area contributed by atoms with Crippen molar-refractivity contribution in [2.75, 3.05) is 6.54 Å². The first-order valence-electron chi connectivity index (χ1n) is 10.2. The lowest BCUT2D eigenvalue weighted by atomic mass is 10.0. The van der Waals surface area contributed by atoms with Crippen LogP contribution in [0.15, 0.2) is 69.2 Å². The number of phenolic OH excluding ortho intramolecular Hbond substituents is 1. The second-order valence-electron chi connectivity index (χ2n) is 7.81. The van der Waals surface area contributed by atoms with Gasteiger partial charge in [-0.3, -0.25) is 9.69 Å². The second-order valence-corrected chi connectivity index (χ2v) is 8.79. The maximum atomic E-state index is 13.3. The number of aromatic hydroxyl groups is 1. The minimum atomic E-state index is -0.0579. The number of fused-ring (bicyclic) bond motifs is 1. The van der Waals surface area contributed by atoms with Crippen LogP contribution in [0.1, 0.15) is 35.1 Å². The van der Waals surface area contributed by atoms with Crippen LogP contribution in [0, 0.1) is 6.92 Å². The molecule has 0 saturated carbocycles. The van der Waals surface area contributed by atoms with E-state index in [1.54, 1.807) is 23.5 Å². The van der Waals surface area contributed by atoms with Gasteiger partial charge in [0.05, 0.1) is 16.5 Å². The molecule has 0 radical (unpaired) electrons. The Morgan fingerprint density at radius 3 is 2.73 bits per heavy atom. The highest BCUT2D eigenvalue weighted by Gasteiger charge is 2.29. The molecule has 152 valence electrons. The molecule has 1 unspecified atom stereocenters. The maximum Gasteiger partial charge on any atom is 0.200 e. The highest BCUT2D eigenvalue weighted by molar-refractivity contribution is 7.10. The molecule has 5 rings (SSSR count). The van der Waals surface area contributed by atoms with Crippen molar-refractivity contribution < 1.29 is 9.52 Å². The maximum absolute atomic E-state index is 13.3. The summed E-state index contributed by atoms with van der Waals surface area (Å²) >= 11 is 1.77. The lowest BCUT2D eigenvalue weighted by Gasteiger charge is -2.24. The molecule has 2 aromatic heterocycles. The molecule has 30 heavy (non-hydrogen) atoms. The fourth-order valence-corrected chi connectivity index (χ4v) is 5.42. The molecular formula is C25H23NO3S. The fourth-order valence-electron chi connectivity index (χ4n) is 4.53. The van der Waals surface area contributed by atoms with Crippen LogP contribution in [-0.2, 0) is 6.54 Å². The zero-order valence-electron chi connectivity index (χ0n) is 16.8. The van der Waals surface area contributed by atoms with Crippen molar-refractivity contribution in [1.29, 1.82) is 0 Å². The third-order valence-corrected chi connectivity index (χ3v) is 6.95. The third-order valence-electron chi connectivity index (χ3n) is 5.97. The Balaban J connectivity index is 1.61. The van der Waals surface area contributed by atoms with Gasteiger partial charge in [0.1, 0.15) is 17.1 Å². The Morgan fingerprint density at radius 1 is 1.13 bits per heavy atom. The van der Waals surface area contributed by atoms with Gasteiger partial charge in [0, 0.05) is 17.5 Å². The van der Waals surface area contributed by atoms with E-state index in [4.69, 9.17) is 4.42 Å². The van der Waals surface area contributed by atoms with Crippen LogP contribution < -0.4 is 5.43 Å². The molecular weight excluding hydrogens is 394 g/mol. The van der Waals surface area contributed by atoms with Crippen molar-refractivity contribution in [3.05, 3.63) is 86.4 Å². The Labute approximate surface area is 179 Å². The average molecular weight is 418 g/mol. The van der Waals surface area contributed by atoms with E-state index in [1.807, 2.05) is 37.3 Å². The van der Waals surface area contributed by atoms with Gasteiger partial charge >= 0.3 is 0 Å². The number of hydrogen-bond donors (Lipinski definition) is 1. The molecule has 0 bridgehead atoms. The predicted octanol–water partition coefficient (Wildman–Crippen LogP) is 5.87. The molecule has 1 atom stereocenters. The van der Waals surface area contributed by atoms with Crippen LogP contribution in [0.25, 0.3) is 22.1 Å². The molecule has 3 heterocycles. The van der Waals surface area contributed by atoms with Gasteiger partial charge in [-0.15, -0.1) is 11.3 Å². The molecule has 1 N–H and O–H groups in total. The van der Waals surface area contributed by atoms with Gasteiger partial charge in [-0.2, -0.15) is 0 Å². The smallest absolute Gasteiger partial charge is 0.200 e. The lowest BCUT2D eigenvalue weighted by molar-refractivity contribution is 0.248. The van der Waals surface area contributed by atoms with E-state index in [1.165, 1.54) is 4.88 Å². The summed E-state index contributed by atoms with van der Waals surface area (Å²) in [7, 11) is 0. The van der Waals surface area contributed by atoms with Crippen LogP contribution in [0.2, 0.25) is 0 Å². The number of hydrogen-bond acceptors (Lipinski definition) is 5. The van der Waals surface area contributed by atoms with E-state index in [2.05, 4.69) is 22.4 Å². The average Bonchev–Trinajstić information content (AvgIpc) is 3.43. The first kappa shape index (κ1) is 19.1. The summed E-state index contributed by atoms with van der Waals surface area (Å²) in [5, 5.41) is 13.3. The van der Waals surface area contributed by atoms with Crippen molar-refractivity contribution in [2.45, 2.75) is 32.4 Å². The Morgan fingerprint density at radius 2 is 1.97 bits per heavy atom. The Bertz CT molecular complexity index is 1250. The third kappa shape index (κ3) is 3.24. The summed E-state index contributed by atoms with van der Waals surface area (Å²) in [5.41, 5.74) is 2.55. The van der Waals surface area contributed by atoms with Gasteiger partial charge < -0.3 is 9.52 Å². The number of thiophene rings is 1. The summed E-state index contributed by atoms with van der Waals surface area (Å²) in [5.74, 6) is 0.746.